The van der Waals surface area contributed by atoms with Crippen molar-refractivity contribution in [1.29, 1.82) is 0 Å². The van der Waals surface area contributed by atoms with Crippen LogP contribution in [0.3, 0.4) is 0 Å². The van der Waals surface area contributed by atoms with Gasteiger partial charge in [-0.25, -0.2) is 8.78 Å². The summed E-state index contributed by atoms with van der Waals surface area (Å²) < 4.78 is 66.2. The van der Waals surface area contributed by atoms with Crippen LogP contribution in [0, 0.1) is 18.6 Å². The highest BCUT2D eigenvalue weighted by atomic mass is 19.4. The van der Waals surface area contributed by atoms with Crippen molar-refractivity contribution in [2.75, 3.05) is 0 Å². The van der Waals surface area contributed by atoms with E-state index in [1.54, 1.807) is 0 Å². The molecule has 1 aromatic heterocycles. The minimum Gasteiger partial charge on any atom is -0.410 e. The number of aryl methyl sites for hydroxylation is 2. The molecule has 8 heteroatoms. The van der Waals surface area contributed by atoms with Gasteiger partial charge in [-0.15, -0.1) is 0 Å². The first-order chi connectivity index (χ1) is 9.18. The molecule has 0 amide bonds. The van der Waals surface area contributed by atoms with E-state index >= 15 is 0 Å². The molecule has 0 saturated heterocycles. The molecule has 1 N–H and O–H groups in total. The van der Waals surface area contributed by atoms with Crippen LogP contribution in [0.2, 0.25) is 0 Å². The number of aromatic nitrogens is 1. The molecule has 0 aliphatic carbocycles. The van der Waals surface area contributed by atoms with E-state index in [0.29, 0.717) is 6.07 Å². The van der Waals surface area contributed by atoms with Gasteiger partial charge in [0.1, 0.15) is 11.6 Å². The maximum atomic E-state index is 13.7. The molecule has 1 aromatic carbocycles. The van der Waals surface area contributed by atoms with Gasteiger partial charge in [-0.1, -0.05) is 5.16 Å². The number of hydrogen-bond donors (Lipinski definition) is 1. The molecule has 0 aliphatic rings. The van der Waals surface area contributed by atoms with Gasteiger partial charge in [0.25, 0.3) is 0 Å². The first-order valence-corrected chi connectivity index (χ1v) is 5.42. The lowest BCUT2D eigenvalue weighted by Gasteiger charge is -2.11. The van der Waals surface area contributed by atoms with Crippen molar-refractivity contribution < 1.29 is 27.2 Å². The molecule has 0 saturated carbocycles. The maximum absolute atomic E-state index is 13.7. The highest BCUT2D eigenvalue weighted by molar-refractivity contribution is 6.08. The quantitative estimate of drug-likeness (QED) is 0.371. The molecule has 0 aliphatic heterocycles. The van der Waals surface area contributed by atoms with Gasteiger partial charge < -0.3 is 9.77 Å². The maximum Gasteiger partial charge on any atom is 0.438 e. The molecule has 0 fully saturated rings. The third-order valence-electron chi connectivity index (χ3n) is 3.05. The predicted molar refractivity (Wildman–Crippen MR) is 62.0 cm³/mol. The number of rotatable bonds is 1. The van der Waals surface area contributed by atoms with Gasteiger partial charge in [-0.05, 0) is 18.6 Å². The second kappa shape index (κ2) is 4.46. The van der Waals surface area contributed by atoms with E-state index in [2.05, 4.69) is 5.16 Å². The van der Waals surface area contributed by atoms with Crippen LogP contribution in [-0.2, 0) is 7.05 Å². The summed E-state index contributed by atoms with van der Waals surface area (Å²) >= 11 is 0. The largest absolute Gasteiger partial charge is 0.438 e. The number of nitrogens with zero attached hydrogens (tertiary/aromatic N) is 2. The Labute approximate surface area is 109 Å². The molecule has 108 valence electrons. The molecule has 1 heterocycles. The zero-order valence-electron chi connectivity index (χ0n) is 10.4. The highest BCUT2D eigenvalue weighted by Crippen LogP contribution is 2.32. The van der Waals surface area contributed by atoms with Crippen LogP contribution < -0.4 is 0 Å². The molecule has 20 heavy (non-hydrogen) atoms. The number of benzene rings is 1. The van der Waals surface area contributed by atoms with Crippen molar-refractivity contribution in [2.24, 2.45) is 12.2 Å². The van der Waals surface area contributed by atoms with Crippen molar-refractivity contribution in [3.05, 3.63) is 35.0 Å². The van der Waals surface area contributed by atoms with Gasteiger partial charge in [0.15, 0.2) is 0 Å². The Bertz CT molecular complexity index is 715. The molecule has 0 radical (unpaired) electrons. The summed E-state index contributed by atoms with van der Waals surface area (Å²) in [6, 6.07) is 1.51. The smallest absolute Gasteiger partial charge is 0.410 e. The molecule has 0 bridgehead atoms. The van der Waals surface area contributed by atoms with E-state index in [4.69, 9.17) is 5.21 Å². The standard InChI is InChI=1S/C12H9F5N2O/c1-5-7-3-6(13)4-8(14)10(7)19(2)9(5)11(18-20)12(15,16)17/h3-4,20H,1-2H3/b18-11-. The molecule has 0 unspecified atom stereocenters. The minimum atomic E-state index is -4.92. The number of alkyl halides is 3. The van der Waals surface area contributed by atoms with E-state index in [-0.39, 0.29) is 16.5 Å². The topological polar surface area (TPSA) is 37.5 Å². The van der Waals surface area contributed by atoms with E-state index in [9.17, 15) is 22.0 Å². The van der Waals surface area contributed by atoms with Crippen LogP contribution in [0.5, 0.6) is 0 Å². The van der Waals surface area contributed by atoms with Gasteiger partial charge in [0, 0.05) is 18.5 Å². The van der Waals surface area contributed by atoms with Gasteiger partial charge in [-0.2, -0.15) is 13.2 Å². The van der Waals surface area contributed by atoms with Crippen LogP contribution in [0.1, 0.15) is 11.3 Å². The number of fused-ring (bicyclic) bond motifs is 1. The summed E-state index contributed by atoms with van der Waals surface area (Å²) in [7, 11) is 1.18. The van der Waals surface area contributed by atoms with Crippen LogP contribution in [0.15, 0.2) is 17.3 Å². The fourth-order valence-electron chi connectivity index (χ4n) is 2.26. The van der Waals surface area contributed by atoms with Crippen molar-refractivity contribution in [2.45, 2.75) is 13.1 Å². The van der Waals surface area contributed by atoms with E-state index in [0.717, 1.165) is 10.6 Å². The Hall–Kier alpha value is -2.12. The molecular formula is C12H9F5N2O. The average molecular weight is 292 g/mol. The predicted octanol–water partition coefficient (Wildman–Crippen LogP) is 3.51. The van der Waals surface area contributed by atoms with E-state index < -0.39 is 29.2 Å². The van der Waals surface area contributed by atoms with Crippen molar-refractivity contribution in [3.63, 3.8) is 0 Å². The fraction of sp³-hybridized carbons (Fsp3) is 0.250. The lowest BCUT2D eigenvalue weighted by molar-refractivity contribution is -0.0604. The Kier molecular flexibility index (Phi) is 3.19. The Balaban J connectivity index is 2.89. The highest BCUT2D eigenvalue weighted by Gasteiger charge is 2.41. The normalized spacial score (nSPS) is 13.2. The fourth-order valence-corrected chi connectivity index (χ4v) is 2.26. The summed E-state index contributed by atoms with van der Waals surface area (Å²) in [5, 5.41) is 10.8. The third kappa shape index (κ3) is 2.00. The molecule has 2 rings (SSSR count). The van der Waals surface area contributed by atoms with Gasteiger partial charge >= 0.3 is 6.18 Å². The first kappa shape index (κ1) is 14.3. The van der Waals surface area contributed by atoms with Gasteiger partial charge in [0.05, 0.1) is 11.2 Å². The Morgan fingerprint density at radius 3 is 2.35 bits per heavy atom. The number of oxime groups is 1. The van der Waals surface area contributed by atoms with Crippen LogP contribution in [0.4, 0.5) is 22.0 Å². The summed E-state index contributed by atoms with van der Waals surface area (Å²) in [5.74, 6) is -1.89. The summed E-state index contributed by atoms with van der Waals surface area (Å²) in [5.41, 5.74) is -2.29. The molecule has 3 nitrogen and oxygen atoms in total. The van der Waals surface area contributed by atoms with Crippen LogP contribution in [-0.4, -0.2) is 21.7 Å². The number of hydrogen-bond acceptors (Lipinski definition) is 2. The van der Waals surface area contributed by atoms with Gasteiger partial charge in [-0.3, -0.25) is 0 Å². The molecular weight excluding hydrogens is 283 g/mol. The second-order valence-electron chi connectivity index (χ2n) is 4.26. The molecule has 0 spiro atoms. The second-order valence-corrected chi connectivity index (χ2v) is 4.26. The third-order valence-corrected chi connectivity index (χ3v) is 3.05. The lowest BCUT2D eigenvalue weighted by Crippen LogP contribution is -2.27. The van der Waals surface area contributed by atoms with Crippen LogP contribution in [0.25, 0.3) is 10.9 Å². The monoisotopic (exact) mass is 292 g/mol. The SMILES string of the molecule is Cc1c(/C(=N/O)C(F)(F)F)n(C)c2c(F)cc(F)cc12. The van der Waals surface area contributed by atoms with E-state index in [1.807, 2.05) is 0 Å². The molecule has 0 atom stereocenters. The molecule has 2 aromatic rings. The summed E-state index contributed by atoms with van der Waals surface area (Å²) in [4.78, 5) is 0. The van der Waals surface area contributed by atoms with Crippen LogP contribution >= 0.6 is 0 Å². The first-order valence-electron chi connectivity index (χ1n) is 5.42. The number of halogens is 5. The average Bonchev–Trinajstić information content (AvgIpc) is 2.53. The zero-order chi connectivity index (χ0) is 15.2. The summed E-state index contributed by atoms with van der Waals surface area (Å²) in [6.07, 6.45) is -4.92. The minimum absolute atomic E-state index is 0.00889. The Morgan fingerprint density at radius 1 is 1.25 bits per heavy atom. The Morgan fingerprint density at radius 2 is 1.85 bits per heavy atom. The zero-order valence-corrected chi connectivity index (χ0v) is 10.4. The van der Waals surface area contributed by atoms with Crippen molar-refractivity contribution in [1.82, 2.24) is 4.57 Å². The van der Waals surface area contributed by atoms with Crippen molar-refractivity contribution >= 4 is 16.6 Å². The van der Waals surface area contributed by atoms with Gasteiger partial charge in [0.2, 0.25) is 5.71 Å². The summed E-state index contributed by atoms with van der Waals surface area (Å²) in [6.45, 7) is 1.27. The van der Waals surface area contributed by atoms with Crippen molar-refractivity contribution in [3.8, 4) is 0 Å². The lowest BCUT2D eigenvalue weighted by atomic mass is 10.1. The van der Waals surface area contributed by atoms with E-state index in [1.165, 1.54) is 14.0 Å².